The van der Waals surface area contributed by atoms with E-state index >= 15 is 0 Å². The summed E-state index contributed by atoms with van der Waals surface area (Å²) in [5.74, 6) is -0.516. The van der Waals surface area contributed by atoms with E-state index in [4.69, 9.17) is 9.47 Å². The van der Waals surface area contributed by atoms with Gasteiger partial charge < -0.3 is 14.4 Å². The van der Waals surface area contributed by atoms with Crippen LogP contribution in [0.4, 0.5) is 0 Å². The number of rotatable bonds is 3. The second-order valence-electron chi connectivity index (χ2n) is 4.83. The zero-order valence-corrected chi connectivity index (χ0v) is 10.9. The van der Waals surface area contributed by atoms with E-state index in [1.54, 1.807) is 6.92 Å². The molecule has 0 aromatic carbocycles. The first-order chi connectivity index (χ1) is 8.74. The van der Waals surface area contributed by atoms with E-state index in [0.717, 1.165) is 19.3 Å². The Morgan fingerprint density at radius 2 is 1.89 bits per heavy atom. The van der Waals surface area contributed by atoms with Gasteiger partial charge in [0.25, 0.3) is 0 Å². The van der Waals surface area contributed by atoms with Crippen LogP contribution in [0.15, 0.2) is 0 Å². The van der Waals surface area contributed by atoms with Gasteiger partial charge in [0.15, 0.2) is 0 Å². The lowest BCUT2D eigenvalue weighted by Gasteiger charge is -2.30. The molecule has 1 saturated heterocycles. The number of esters is 1. The molecular formula is C13H21NO4. The molecule has 1 heterocycles. The van der Waals surface area contributed by atoms with E-state index in [0.29, 0.717) is 32.9 Å². The number of carbonyl (C=O) groups is 2. The first kappa shape index (κ1) is 13.3. The standard InChI is InChI=1S/C13H21NO4/c1-2-18-13(16)11-5-3-4-10(11)12(15)14-6-8-17-9-7-14/h10-11H,2-9H2,1H3. The lowest BCUT2D eigenvalue weighted by Crippen LogP contribution is -2.45. The van der Waals surface area contributed by atoms with Crippen molar-refractivity contribution in [1.29, 1.82) is 0 Å². The molecule has 5 heteroatoms. The molecule has 2 unspecified atom stereocenters. The van der Waals surface area contributed by atoms with Gasteiger partial charge in [0.1, 0.15) is 0 Å². The minimum Gasteiger partial charge on any atom is -0.466 e. The van der Waals surface area contributed by atoms with E-state index < -0.39 is 0 Å². The number of ether oxygens (including phenoxy) is 2. The first-order valence-electron chi connectivity index (χ1n) is 6.77. The Labute approximate surface area is 107 Å². The highest BCUT2D eigenvalue weighted by atomic mass is 16.5. The number of hydrogen-bond acceptors (Lipinski definition) is 4. The maximum absolute atomic E-state index is 12.4. The fraction of sp³-hybridized carbons (Fsp3) is 0.846. The molecule has 2 atom stereocenters. The summed E-state index contributed by atoms with van der Waals surface area (Å²) in [5, 5.41) is 0. The molecule has 0 aromatic heterocycles. The molecule has 2 fully saturated rings. The molecule has 1 saturated carbocycles. The quantitative estimate of drug-likeness (QED) is 0.701. The molecule has 2 rings (SSSR count). The largest absolute Gasteiger partial charge is 0.466 e. The SMILES string of the molecule is CCOC(=O)C1CCCC1C(=O)N1CCOCC1. The molecule has 2 aliphatic rings. The zero-order valence-electron chi connectivity index (χ0n) is 10.9. The van der Waals surface area contributed by atoms with Crippen molar-refractivity contribution in [1.82, 2.24) is 4.90 Å². The highest BCUT2D eigenvalue weighted by molar-refractivity contribution is 5.86. The van der Waals surface area contributed by atoms with E-state index in [1.165, 1.54) is 0 Å². The van der Waals surface area contributed by atoms with Crippen molar-refractivity contribution < 1.29 is 19.1 Å². The van der Waals surface area contributed by atoms with Crippen LogP contribution in [0.2, 0.25) is 0 Å². The van der Waals surface area contributed by atoms with Crippen LogP contribution in [0, 0.1) is 11.8 Å². The van der Waals surface area contributed by atoms with Crippen LogP contribution in [0.1, 0.15) is 26.2 Å². The molecule has 5 nitrogen and oxygen atoms in total. The summed E-state index contributed by atoms with van der Waals surface area (Å²) in [6, 6.07) is 0. The average molecular weight is 255 g/mol. The van der Waals surface area contributed by atoms with Gasteiger partial charge in [-0.05, 0) is 19.8 Å². The van der Waals surface area contributed by atoms with Crippen molar-refractivity contribution >= 4 is 11.9 Å². The fourth-order valence-corrected chi connectivity index (χ4v) is 2.81. The van der Waals surface area contributed by atoms with Crippen molar-refractivity contribution in [2.24, 2.45) is 11.8 Å². The number of morpholine rings is 1. The Morgan fingerprint density at radius 3 is 2.56 bits per heavy atom. The normalized spacial score (nSPS) is 28.2. The Kier molecular flexibility index (Phi) is 4.58. The van der Waals surface area contributed by atoms with Gasteiger partial charge >= 0.3 is 5.97 Å². The topological polar surface area (TPSA) is 55.8 Å². The summed E-state index contributed by atoms with van der Waals surface area (Å²) in [5.41, 5.74) is 0. The molecule has 1 aliphatic heterocycles. The van der Waals surface area contributed by atoms with E-state index in [9.17, 15) is 9.59 Å². The van der Waals surface area contributed by atoms with E-state index in [-0.39, 0.29) is 23.7 Å². The average Bonchev–Trinajstić information content (AvgIpc) is 2.88. The van der Waals surface area contributed by atoms with Crippen LogP contribution in [0.3, 0.4) is 0 Å². The molecule has 0 radical (unpaired) electrons. The molecule has 0 bridgehead atoms. The number of carbonyl (C=O) groups excluding carboxylic acids is 2. The van der Waals surface area contributed by atoms with Gasteiger partial charge in [-0.3, -0.25) is 9.59 Å². The highest BCUT2D eigenvalue weighted by Crippen LogP contribution is 2.34. The smallest absolute Gasteiger partial charge is 0.309 e. The Balaban J connectivity index is 1.97. The number of nitrogens with zero attached hydrogens (tertiary/aromatic N) is 1. The predicted octanol–water partition coefficient (Wildman–Crippen LogP) is 0.825. The second kappa shape index (κ2) is 6.18. The molecule has 0 N–H and O–H groups in total. The first-order valence-corrected chi connectivity index (χ1v) is 6.77. The summed E-state index contributed by atoms with van der Waals surface area (Å²) in [7, 11) is 0. The molecule has 102 valence electrons. The Hall–Kier alpha value is -1.10. The number of hydrogen-bond donors (Lipinski definition) is 0. The minimum atomic E-state index is -0.236. The van der Waals surface area contributed by atoms with Gasteiger partial charge in [-0.2, -0.15) is 0 Å². The third-order valence-electron chi connectivity index (χ3n) is 3.75. The summed E-state index contributed by atoms with van der Waals surface area (Å²) >= 11 is 0. The molecule has 1 aliphatic carbocycles. The zero-order chi connectivity index (χ0) is 13.0. The Morgan fingerprint density at radius 1 is 1.22 bits per heavy atom. The van der Waals surface area contributed by atoms with Gasteiger partial charge in [-0.1, -0.05) is 6.42 Å². The highest BCUT2D eigenvalue weighted by Gasteiger charge is 2.40. The third-order valence-corrected chi connectivity index (χ3v) is 3.75. The van der Waals surface area contributed by atoms with Crippen LogP contribution in [-0.4, -0.2) is 49.7 Å². The lowest BCUT2D eigenvalue weighted by molar-refractivity contribution is -0.154. The van der Waals surface area contributed by atoms with Gasteiger partial charge in [-0.25, -0.2) is 0 Å². The molecule has 0 spiro atoms. The maximum Gasteiger partial charge on any atom is 0.309 e. The summed E-state index contributed by atoms with van der Waals surface area (Å²) in [4.78, 5) is 26.0. The maximum atomic E-state index is 12.4. The van der Waals surface area contributed by atoms with E-state index in [1.807, 2.05) is 4.90 Å². The summed E-state index contributed by atoms with van der Waals surface area (Å²) < 4.78 is 10.3. The lowest BCUT2D eigenvalue weighted by atomic mass is 9.94. The van der Waals surface area contributed by atoms with Crippen LogP contribution in [0.5, 0.6) is 0 Å². The van der Waals surface area contributed by atoms with Gasteiger partial charge in [0.05, 0.1) is 31.7 Å². The van der Waals surface area contributed by atoms with Crippen molar-refractivity contribution in [2.75, 3.05) is 32.9 Å². The van der Waals surface area contributed by atoms with Gasteiger partial charge in [0, 0.05) is 13.1 Å². The predicted molar refractivity (Wildman–Crippen MR) is 64.9 cm³/mol. The van der Waals surface area contributed by atoms with Crippen LogP contribution in [-0.2, 0) is 19.1 Å². The fourth-order valence-electron chi connectivity index (χ4n) is 2.81. The van der Waals surface area contributed by atoms with Crippen LogP contribution < -0.4 is 0 Å². The van der Waals surface area contributed by atoms with Crippen molar-refractivity contribution in [3.8, 4) is 0 Å². The van der Waals surface area contributed by atoms with Crippen molar-refractivity contribution in [3.63, 3.8) is 0 Å². The van der Waals surface area contributed by atoms with Gasteiger partial charge in [0.2, 0.25) is 5.91 Å². The van der Waals surface area contributed by atoms with Crippen molar-refractivity contribution in [3.05, 3.63) is 0 Å². The summed E-state index contributed by atoms with van der Waals surface area (Å²) in [6.45, 7) is 4.67. The molecule has 18 heavy (non-hydrogen) atoms. The molecule has 1 amide bonds. The van der Waals surface area contributed by atoms with E-state index in [2.05, 4.69) is 0 Å². The van der Waals surface area contributed by atoms with Crippen molar-refractivity contribution in [2.45, 2.75) is 26.2 Å². The van der Waals surface area contributed by atoms with Crippen LogP contribution >= 0.6 is 0 Å². The second-order valence-corrected chi connectivity index (χ2v) is 4.83. The van der Waals surface area contributed by atoms with Crippen LogP contribution in [0.25, 0.3) is 0 Å². The van der Waals surface area contributed by atoms with Gasteiger partial charge in [-0.15, -0.1) is 0 Å². The number of amides is 1. The monoisotopic (exact) mass is 255 g/mol. The molecule has 0 aromatic rings. The summed E-state index contributed by atoms with van der Waals surface area (Å²) in [6.07, 6.45) is 2.52. The molecular weight excluding hydrogens is 234 g/mol. The Bertz CT molecular complexity index is 312. The third kappa shape index (κ3) is 2.83. The minimum absolute atomic E-state index is 0.105.